The average molecular weight is 297 g/mol. The Kier molecular flexibility index (Phi) is 3.04. The van der Waals surface area contributed by atoms with Crippen LogP contribution in [0.15, 0.2) is 29.0 Å². The van der Waals surface area contributed by atoms with Crippen LogP contribution in [0, 0.1) is 6.92 Å². The van der Waals surface area contributed by atoms with Gasteiger partial charge in [0.1, 0.15) is 17.0 Å². The van der Waals surface area contributed by atoms with Crippen molar-refractivity contribution < 1.29 is 17.7 Å². The van der Waals surface area contributed by atoms with E-state index in [0.717, 1.165) is 10.6 Å². The molecular formula is C12H10F3N5O. The van der Waals surface area contributed by atoms with Crippen molar-refractivity contribution in [3.63, 3.8) is 0 Å². The minimum Gasteiger partial charge on any atom is -0.362 e. The number of aromatic nitrogens is 4. The molecule has 0 aliphatic heterocycles. The van der Waals surface area contributed by atoms with Gasteiger partial charge in [-0.25, -0.2) is 9.50 Å². The molecule has 0 amide bonds. The highest BCUT2D eigenvalue weighted by molar-refractivity contribution is 5.67. The number of halogens is 3. The SMILES string of the molecule is Cc1cc(CNc2nccn3nc(C(F)(F)F)cc23)no1. The van der Waals surface area contributed by atoms with Gasteiger partial charge in [0.05, 0.1) is 6.54 Å². The molecule has 1 N–H and O–H groups in total. The summed E-state index contributed by atoms with van der Waals surface area (Å²) < 4.78 is 44.1. The molecule has 9 heteroatoms. The number of hydrogen-bond donors (Lipinski definition) is 1. The first kappa shape index (κ1) is 13.4. The zero-order chi connectivity index (χ0) is 15.0. The van der Waals surface area contributed by atoms with E-state index in [1.807, 2.05) is 0 Å². The molecule has 0 fully saturated rings. The summed E-state index contributed by atoms with van der Waals surface area (Å²) in [5, 5.41) is 10.2. The van der Waals surface area contributed by atoms with Crippen LogP contribution in [-0.2, 0) is 12.7 Å². The normalized spacial score (nSPS) is 12.0. The Bertz CT molecular complexity index is 777. The highest BCUT2D eigenvalue weighted by atomic mass is 19.4. The number of alkyl halides is 3. The lowest BCUT2D eigenvalue weighted by atomic mass is 10.3. The highest BCUT2D eigenvalue weighted by Crippen LogP contribution is 2.30. The molecule has 0 bridgehead atoms. The van der Waals surface area contributed by atoms with Crippen molar-refractivity contribution in [1.29, 1.82) is 0 Å². The Morgan fingerprint density at radius 2 is 2.14 bits per heavy atom. The number of aryl methyl sites for hydroxylation is 1. The van der Waals surface area contributed by atoms with E-state index in [1.165, 1.54) is 12.4 Å². The van der Waals surface area contributed by atoms with E-state index in [4.69, 9.17) is 4.52 Å². The third-order valence-electron chi connectivity index (χ3n) is 2.79. The molecule has 3 aromatic rings. The molecule has 3 aromatic heterocycles. The number of rotatable bonds is 3. The third-order valence-corrected chi connectivity index (χ3v) is 2.79. The van der Waals surface area contributed by atoms with Gasteiger partial charge in [-0.1, -0.05) is 5.16 Å². The zero-order valence-corrected chi connectivity index (χ0v) is 10.8. The number of fused-ring (bicyclic) bond motifs is 1. The van der Waals surface area contributed by atoms with Crippen LogP contribution in [0.2, 0.25) is 0 Å². The fraction of sp³-hybridized carbons (Fsp3) is 0.250. The molecule has 0 aliphatic carbocycles. The monoisotopic (exact) mass is 297 g/mol. The molecule has 0 aromatic carbocycles. The number of anilines is 1. The van der Waals surface area contributed by atoms with E-state index in [0.29, 0.717) is 17.3 Å². The second kappa shape index (κ2) is 4.76. The van der Waals surface area contributed by atoms with E-state index in [1.54, 1.807) is 13.0 Å². The summed E-state index contributed by atoms with van der Waals surface area (Å²) in [7, 11) is 0. The topological polar surface area (TPSA) is 68.2 Å². The summed E-state index contributed by atoms with van der Waals surface area (Å²) in [6.07, 6.45) is -1.76. The van der Waals surface area contributed by atoms with Gasteiger partial charge in [-0.15, -0.1) is 0 Å². The summed E-state index contributed by atoms with van der Waals surface area (Å²) in [5.41, 5.74) is -0.0901. The minimum absolute atomic E-state index is 0.241. The summed E-state index contributed by atoms with van der Waals surface area (Å²) in [6.45, 7) is 2.04. The van der Waals surface area contributed by atoms with Crippen molar-refractivity contribution in [1.82, 2.24) is 19.8 Å². The van der Waals surface area contributed by atoms with Crippen LogP contribution < -0.4 is 5.32 Å². The van der Waals surface area contributed by atoms with Crippen LogP contribution in [0.4, 0.5) is 19.0 Å². The van der Waals surface area contributed by atoms with Crippen LogP contribution >= 0.6 is 0 Å². The van der Waals surface area contributed by atoms with Gasteiger partial charge in [0.15, 0.2) is 11.5 Å². The molecule has 3 heterocycles. The van der Waals surface area contributed by atoms with Crippen LogP contribution in [0.5, 0.6) is 0 Å². The lowest BCUT2D eigenvalue weighted by Gasteiger charge is -2.04. The summed E-state index contributed by atoms with van der Waals surface area (Å²) in [5.74, 6) is 0.947. The molecule has 0 atom stereocenters. The smallest absolute Gasteiger partial charge is 0.362 e. The van der Waals surface area contributed by atoms with Crippen molar-refractivity contribution in [3.8, 4) is 0 Å². The Hall–Kier alpha value is -2.58. The fourth-order valence-electron chi connectivity index (χ4n) is 1.87. The molecule has 0 radical (unpaired) electrons. The first-order valence-corrected chi connectivity index (χ1v) is 6.01. The average Bonchev–Trinajstić information content (AvgIpc) is 3.01. The van der Waals surface area contributed by atoms with Gasteiger partial charge in [0, 0.05) is 24.5 Å². The van der Waals surface area contributed by atoms with E-state index in [2.05, 4.69) is 20.6 Å². The maximum Gasteiger partial charge on any atom is 0.435 e. The molecule has 0 saturated carbocycles. The Morgan fingerprint density at radius 1 is 1.33 bits per heavy atom. The predicted octanol–water partition coefficient (Wildman–Crippen LogP) is 2.66. The van der Waals surface area contributed by atoms with Gasteiger partial charge in [0.25, 0.3) is 0 Å². The fourth-order valence-corrected chi connectivity index (χ4v) is 1.87. The molecule has 6 nitrogen and oxygen atoms in total. The predicted molar refractivity (Wildman–Crippen MR) is 66.6 cm³/mol. The van der Waals surface area contributed by atoms with Crippen LogP contribution in [0.25, 0.3) is 5.52 Å². The molecule has 3 rings (SSSR count). The number of nitrogens with zero attached hydrogens (tertiary/aromatic N) is 4. The van der Waals surface area contributed by atoms with Crippen molar-refractivity contribution in [3.05, 3.63) is 41.7 Å². The molecule has 21 heavy (non-hydrogen) atoms. The van der Waals surface area contributed by atoms with E-state index in [-0.39, 0.29) is 12.1 Å². The van der Waals surface area contributed by atoms with Gasteiger partial charge in [-0.3, -0.25) is 0 Å². The lowest BCUT2D eigenvalue weighted by molar-refractivity contribution is -0.141. The van der Waals surface area contributed by atoms with E-state index >= 15 is 0 Å². The van der Waals surface area contributed by atoms with Gasteiger partial charge in [0.2, 0.25) is 0 Å². The summed E-state index contributed by atoms with van der Waals surface area (Å²) >= 11 is 0. The molecule has 0 aliphatic rings. The minimum atomic E-state index is -4.49. The van der Waals surface area contributed by atoms with Crippen molar-refractivity contribution in [2.24, 2.45) is 0 Å². The Balaban J connectivity index is 1.89. The van der Waals surface area contributed by atoms with Gasteiger partial charge in [-0.05, 0) is 6.92 Å². The summed E-state index contributed by atoms with van der Waals surface area (Å²) in [4.78, 5) is 4.03. The second-order valence-corrected chi connectivity index (χ2v) is 4.42. The Morgan fingerprint density at radius 3 is 2.81 bits per heavy atom. The van der Waals surface area contributed by atoms with Crippen molar-refractivity contribution >= 4 is 11.3 Å². The van der Waals surface area contributed by atoms with Crippen LogP contribution in [0.1, 0.15) is 17.1 Å². The molecular weight excluding hydrogens is 287 g/mol. The Labute approximate surface area is 116 Å². The maximum absolute atomic E-state index is 12.7. The first-order valence-electron chi connectivity index (χ1n) is 6.01. The highest BCUT2D eigenvalue weighted by Gasteiger charge is 2.34. The third kappa shape index (κ3) is 2.67. The van der Waals surface area contributed by atoms with Crippen molar-refractivity contribution in [2.45, 2.75) is 19.6 Å². The summed E-state index contributed by atoms with van der Waals surface area (Å²) in [6, 6.07) is 2.67. The van der Waals surface area contributed by atoms with Crippen LogP contribution in [-0.4, -0.2) is 19.8 Å². The zero-order valence-electron chi connectivity index (χ0n) is 10.8. The second-order valence-electron chi connectivity index (χ2n) is 4.42. The van der Waals surface area contributed by atoms with E-state index < -0.39 is 11.9 Å². The number of nitrogens with one attached hydrogen (secondary N) is 1. The first-order chi connectivity index (χ1) is 9.93. The molecule has 110 valence electrons. The maximum atomic E-state index is 12.7. The molecule has 0 saturated heterocycles. The van der Waals surface area contributed by atoms with Gasteiger partial charge >= 0.3 is 6.18 Å². The largest absolute Gasteiger partial charge is 0.435 e. The van der Waals surface area contributed by atoms with E-state index in [9.17, 15) is 13.2 Å². The van der Waals surface area contributed by atoms with Crippen molar-refractivity contribution in [2.75, 3.05) is 5.32 Å². The molecule has 0 unspecified atom stereocenters. The number of hydrogen-bond acceptors (Lipinski definition) is 5. The molecule has 0 spiro atoms. The lowest BCUT2D eigenvalue weighted by Crippen LogP contribution is -2.05. The standard InChI is InChI=1S/C12H10F3N5O/c1-7-4-8(19-21-7)6-17-11-9-5-10(12(13,14)15)18-20(9)3-2-16-11/h2-5H,6H2,1H3,(H,16,17). The quantitative estimate of drug-likeness (QED) is 0.805. The van der Waals surface area contributed by atoms with Crippen LogP contribution in [0.3, 0.4) is 0 Å². The van der Waals surface area contributed by atoms with Gasteiger partial charge in [-0.2, -0.15) is 18.3 Å². The van der Waals surface area contributed by atoms with Gasteiger partial charge < -0.3 is 9.84 Å².